The normalized spacial score (nSPS) is 17.7. The number of rotatable bonds is 7. The Balaban J connectivity index is 0.00000363. The number of methoxy groups -OCH3 is 1. The van der Waals surface area contributed by atoms with Crippen molar-refractivity contribution >= 4 is 24.0 Å². The zero-order valence-electron chi connectivity index (χ0n) is 20.5. The second-order valence-electron chi connectivity index (χ2n) is 6.48. The van der Waals surface area contributed by atoms with Crippen LogP contribution in [0.25, 0.3) is 0 Å². The summed E-state index contributed by atoms with van der Waals surface area (Å²) < 4.78 is 45.4. The fourth-order valence-corrected chi connectivity index (χ4v) is 3.40. The molecule has 146 valence electrons. The van der Waals surface area contributed by atoms with Gasteiger partial charge >= 0.3 is 0 Å². The Morgan fingerprint density at radius 2 is 1.85 bits per heavy atom. The van der Waals surface area contributed by atoms with Crippen LogP contribution in [0.1, 0.15) is 25.3 Å². The summed E-state index contributed by atoms with van der Waals surface area (Å²) >= 11 is 0. The lowest BCUT2D eigenvalue weighted by molar-refractivity contribution is -0.122. The standard InChI is InChI=1S/C22H28N2O2.ClH/c1-26-18-22(25)24(20-10-6-3-7-11-20)21-13-16-23(17-14-21)15-12-19-8-4-2-5-9-19;/h2-11,21H,12-18H2,1H3;1H/i3D,6D,7D,10D,11D;. The molecule has 1 fully saturated rings. The molecule has 1 aliphatic heterocycles. The maximum absolute atomic E-state index is 12.9. The summed E-state index contributed by atoms with van der Waals surface area (Å²) in [7, 11) is 1.41. The molecule has 1 saturated heterocycles. The van der Waals surface area contributed by atoms with Crippen LogP contribution in [-0.4, -0.2) is 50.2 Å². The molecule has 0 radical (unpaired) electrons. The van der Waals surface area contributed by atoms with Gasteiger partial charge in [0, 0.05) is 38.5 Å². The number of amides is 1. The van der Waals surface area contributed by atoms with Gasteiger partial charge in [0.2, 0.25) is 0 Å². The number of benzene rings is 2. The van der Waals surface area contributed by atoms with E-state index in [0.29, 0.717) is 12.8 Å². The van der Waals surface area contributed by atoms with Gasteiger partial charge in [-0.1, -0.05) is 48.5 Å². The Hall–Kier alpha value is -1.88. The maximum atomic E-state index is 12.9. The van der Waals surface area contributed by atoms with Gasteiger partial charge in [-0.15, -0.1) is 12.4 Å². The molecule has 27 heavy (non-hydrogen) atoms. The summed E-state index contributed by atoms with van der Waals surface area (Å²) in [6, 6.07) is 7.96. The molecule has 0 spiro atoms. The predicted molar refractivity (Wildman–Crippen MR) is 113 cm³/mol. The molecule has 1 heterocycles. The first-order valence-electron chi connectivity index (χ1n) is 11.5. The molecule has 1 aliphatic rings. The van der Waals surface area contributed by atoms with Crippen molar-refractivity contribution in [3.63, 3.8) is 0 Å². The molecule has 0 saturated carbocycles. The van der Waals surface area contributed by atoms with E-state index in [1.165, 1.54) is 17.6 Å². The summed E-state index contributed by atoms with van der Waals surface area (Å²) in [6.45, 7) is 2.24. The lowest BCUT2D eigenvalue weighted by atomic mass is 10.0. The largest absolute Gasteiger partial charge is 0.375 e. The van der Waals surface area contributed by atoms with Crippen molar-refractivity contribution in [2.45, 2.75) is 25.3 Å². The predicted octanol–water partition coefficient (Wildman–Crippen LogP) is 3.79. The van der Waals surface area contributed by atoms with Crippen molar-refractivity contribution in [1.29, 1.82) is 0 Å². The fourth-order valence-electron chi connectivity index (χ4n) is 3.40. The third-order valence-corrected chi connectivity index (χ3v) is 4.75. The van der Waals surface area contributed by atoms with Gasteiger partial charge in [-0.25, -0.2) is 0 Å². The molecule has 0 unspecified atom stereocenters. The van der Waals surface area contributed by atoms with Crippen LogP contribution in [0.5, 0.6) is 0 Å². The summed E-state index contributed by atoms with van der Waals surface area (Å²) in [5, 5.41) is 0. The Bertz CT molecular complexity index is 895. The second-order valence-corrected chi connectivity index (χ2v) is 6.48. The lowest BCUT2D eigenvalue weighted by Crippen LogP contribution is -2.49. The number of para-hydroxylation sites is 1. The molecular formula is C22H29ClN2O2. The van der Waals surface area contributed by atoms with Crippen LogP contribution in [-0.2, 0) is 16.0 Å². The quantitative estimate of drug-likeness (QED) is 0.717. The van der Waals surface area contributed by atoms with E-state index in [1.54, 1.807) is 0 Å². The average Bonchev–Trinajstić information content (AvgIpc) is 2.79. The average molecular weight is 394 g/mol. The van der Waals surface area contributed by atoms with Crippen molar-refractivity contribution in [3.05, 3.63) is 66.1 Å². The zero-order chi connectivity index (χ0) is 22.5. The second kappa shape index (κ2) is 11.1. The molecule has 3 rings (SSSR count). The van der Waals surface area contributed by atoms with Gasteiger partial charge in [0.05, 0.1) is 6.85 Å². The first-order valence-corrected chi connectivity index (χ1v) is 8.99. The van der Waals surface area contributed by atoms with E-state index in [9.17, 15) is 4.79 Å². The first-order chi connectivity index (χ1) is 14.8. The van der Waals surface area contributed by atoms with Crippen molar-refractivity contribution < 1.29 is 16.4 Å². The van der Waals surface area contributed by atoms with Crippen molar-refractivity contribution in [3.8, 4) is 0 Å². The molecule has 0 aliphatic carbocycles. The van der Waals surface area contributed by atoms with Crippen LogP contribution in [0.15, 0.2) is 60.5 Å². The highest BCUT2D eigenvalue weighted by molar-refractivity contribution is 5.94. The summed E-state index contributed by atoms with van der Waals surface area (Å²) in [6.07, 6.45) is 2.26. The summed E-state index contributed by atoms with van der Waals surface area (Å²) in [5.74, 6) is -0.399. The SMILES string of the molecule is Cl.[2H]c1c([2H])c([2H])c(N(C(=O)COC)C2CCN(CCc3ccccc3)CC2)c([2H])c1[2H]. The van der Waals surface area contributed by atoms with Crippen LogP contribution in [0.2, 0.25) is 0 Å². The highest BCUT2D eigenvalue weighted by atomic mass is 35.5. The number of carbonyl (C=O) groups excluding carboxylic acids is 1. The van der Waals surface area contributed by atoms with Crippen LogP contribution in [0.3, 0.4) is 0 Å². The van der Waals surface area contributed by atoms with Gasteiger partial charge in [-0.05, 0) is 36.9 Å². The Labute approximate surface area is 175 Å². The minimum Gasteiger partial charge on any atom is -0.375 e. The maximum Gasteiger partial charge on any atom is 0.253 e. The topological polar surface area (TPSA) is 32.8 Å². The summed E-state index contributed by atoms with van der Waals surface area (Å²) in [5.41, 5.74) is 1.22. The van der Waals surface area contributed by atoms with Crippen LogP contribution >= 0.6 is 12.4 Å². The van der Waals surface area contributed by atoms with E-state index < -0.39 is 24.0 Å². The number of ether oxygens (including phenoxy) is 1. The van der Waals surface area contributed by atoms with Crippen molar-refractivity contribution in [1.82, 2.24) is 4.90 Å². The molecule has 4 nitrogen and oxygen atoms in total. The molecule has 0 aromatic heterocycles. The highest BCUT2D eigenvalue weighted by Gasteiger charge is 2.28. The minimum absolute atomic E-state index is 0. The van der Waals surface area contributed by atoms with Gasteiger partial charge in [-0.3, -0.25) is 4.79 Å². The van der Waals surface area contributed by atoms with Crippen LogP contribution in [0, 0.1) is 0 Å². The van der Waals surface area contributed by atoms with E-state index in [1.807, 2.05) is 18.2 Å². The molecule has 5 heteroatoms. The number of likely N-dealkylation sites (tertiary alicyclic amines) is 1. The Morgan fingerprint density at radius 3 is 2.48 bits per heavy atom. The molecule has 0 N–H and O–H groups in total. The van der Waals surface area contributed by atoms with Crippen molar-refractivity contribution in [2.24, 2.45) is 0 Å². The fraction of sp³-hybridized carbons (Fsp3) is 0.409. The van der Waals surface area contributed by atoms with Crippen molar-refractivity contribution in [2.75, 3.05) is 38.3 Å². The van der Waals surface area contributed by atoms with E-state index in [0.717, 1.165) is 26.1 Å². The number of anilines is 1. The number of carbonyl (C=O) groups is 1. The monoisotopic (exact) mass is 393 g/mol. The highest BCUT2D eigenvalue weighted by Crippen LogP contribution is 2.24. The molecule has 0 atom stereocenters. The number of nitrogens with zero attached hydrogens (tertiary/aromatic N) is 2. The smallest absolute Gasteiger partial charge is 0.253 e. The minimum atomic E-state index is -0.464. The van der Waals surface area contributed by atoms with Gasteiger partial charge in [-0.2, -0.15) is 0 Å². The van der Waals surface area contributed by atoms with E-state index in [4.69, 9.17) is 11.6 Å². The van der Waals surface area contributed by atoms with E-state index >= 15 is 0 Å². The number of hydrogen-bond acceptors (Lipinski definition) is 3. The van der Waals surface area contributed by atoms with Crippen LogP contribution < -0.4 is 4.90 Å². The Kier molecular flexibility index (Phi) is 6.19. The van der Waals surface area contributed by atoms with E-state index in [2.05, 4.69) is 17.0 Å². The zero-order valence-corrected chi connectivity index (χ0v) is 16.3. The van der Waals surface area contributed by atoms with E-state index in [-0.39, 0.29) is 42.8 Å². The molecule has 0 bridgehead atoms. The van der Waals surface area contributed by atoms with Gasteiger partial charge in [0.25, 0.3) is 5.91 Å². The molecule has 2 aromatic rings. The molecule has 2 aromatic carbocycles. The van der Waals surface area contributed by atoms with Gasteiger partial charge < -0.3 is 14.5 Å². The Morgan fingerprint density at radius 1 is 1.19 bits per heavy atom. The lowest BCUT2D eigenvalue weighted by Gasteiger charge is -2.38. The molecule has 1 amide bonds. The number of halogens is 1. The van der Waals surface area contributed by atoms with Gasteiger partial charge in [0.15, 0.2) is 0 Å². The van der Waals surface area contributed by atoms with Crippen LogP contribution in [0.4, 0.5) is 5.69 Å². The van der Waals surface area contributed by atoms with Gasteiger partial charge in [0.1, 0.15) is 6.61 Å². The number of hydrogen-bond donors (Lipinski definition) is 0. The third kappa shape index (κ3) is 6.06. The first kappa shape index (κ1) is 15.1. The molecular weight excluding hydrogens is 360 g/mol. The third-order valence-electron chi connectivity index (χ3n) is 4.75. The number of piperidine rings is 1. The summed E-state index contributed by atoms with van der Waals surface area (Å²) in [4.78, 5) is 16.6.